The lowest BCUT2D eigenvalue weighted by Gasteiger charge is -2.11. The van der Waals surface area contributed by atoms with E-state index in [1.54, 1.807) is 12.1 Å². The van der Waals surface area contributed by atoms with Gasteiger partial charge in [-0.2, -0.15) is 0 Å². The minimum atomic E-state index is 0.217. The van der Waals surface area contributed by atoms with Crippen LogP contribution in [-0.2, 0) is 0 Å². The van der Waals surface area contributed by atoms with Crippen molar-refractivity contribution in [3.05, 3.63) is 71.0 Å². The van der Waals surface area contributed by atoms with Crippen molar-refractivity contribution < 1.29 is 5.11 Å². The normalized spacial score (nSPS) is 11.0. The van der Waals surface area contributed by atoms with Crippen molar-refractivity contribution in [2.24, 2.45) is 0 Å². The number of phenolic OH excluding ortho intramolecular Hbond substituents is 1. The Kier molecular flexibility index (Phi) is 4.01. The lowest BCUT2D eigenvalue weighted by Crippen LogP contribution is -2.01. The number of rotatable bonds is 3. The maximum absolute atomic E-state index is 9.59. The number of imidazole rings is 1. The Bertz CT molecular complexity index is 1090. The van der Waals surface area contributed by atoms with Gasteiger partial charge in [0.1, 0.15) is 17.3 Å². The molecule has 2 aromatic carbocycles. The average molecular weight is 365 g/mol. The Morgan fingerprint density at radius 2 is 1.65 bits per heavy atom. The molecule has 0 amide bonds. The fourth-order valence-corrected chi connectivity index (χ4v) is 3.11. The number of nitrogens with zero attached hydrogens (tertiary/aromatic N) is 3. The van der Waals surface area contributed by atoms with Crippen molar-refractivity contribution in [1.29, 1.82) is 0 Å². The molecule has 0 saturated heterocycles. The third-order valence-corrected chi connectivity index (χ3v) is 4.41. The number of benzene rings is 2. The molecule has 2 N–H and O–H groups in total. The van der Waals surface area contributed by atoms with Crippen LogP contribution in [0.25, 0.3) is 17.0 Å². The van der Waals surface area contributed by atoms with Crippen LogP contribution in [-0.4, -0.2) is 19.5 Å². The van der Waals surface area contributed by atoms with E-state index in [-0.39, 0.29) is 5.75 Å². The SMILES string of the molecule is Cc1cc(C)n2c(Nc3ccc(Cl)cc3)c(-c3ccc(O)cc3)nc2n1. The predicted molar refractivity (Wildman–Crippen MR) is 104 cm³/mol. The zero-order chi connectivity index (χ0) is 18.3. The molecule has 130 valence electrons. The summed E-state index contributed by atoms with van der Waals surface area (Å²) >= 11 is 5.99. The van der Waals surface area contributed by atoms with Crippen LogP contribution in [0.1, 0.15) is 11.4 Å². The van der Waals surface area contributed by atoms with Crippen LogP contribution >= 0.6 is 11.6 Å². The second-order valence-corrected chi connectivity index (χ2v) is 6.60. The summed E-state index contributed by atoms with van der Waals surface area (Å²) in [6.07, 6.45) is 0. The summed E-state index contributed by atoms with van der Waals surface area (Å²) in [7, 11) is 0. The van der Waals surface area contributed by atoms with Crippen molar-refractivity contribution in [3.8, 4) is 17.0 Å². The number of aryl methyl sites for hydroxylation is 2. The van der Waals surface area contributed by atoms with Gasteiger partial charge in [-0.3, -0.25) is 4.40 Å². The number of aromatic nitrogens is 3. The topological polar surface area (TPSA) is 62.5 Å². The van der Waals surface area contributed by atoms with Crippen molar-refractivity contribution in [1.82, 2.24) is 14.4 Å². The number of fused-ring (bicyclic) bond motifs is 1. The van der Waals surface area contributed by atoms with Gasteiger partial charge in [-0.25, -0.2) is 9.97 Å². The molecule has 26 heavy (non-hydrogen) atoms. The fourth-order valence-electron chi connectivity index (χ4n) is 2.98. The highest BCUT2D eigenvalue weighted by atomic mass is 35.5. The summed E-state index contributed by atoms with van der Waals surface area (Å²) in [6.45, 7) is 3.98. The molecular formula is C20H17ClN4O. The van der Waals surface area contributed by atoms with E-state index in [0.29, 0.717) is 10.8 Å². The van der Waals surface area contributed by atoms with E-state index in [0.717, 1.165) is 34.2 Å². The predicted octanol–water partition coefficient (Wildman–Crippen LogP) is 5.12. The fraction of sp³-hybridized carbons (Fsp3) is 0.100. The molecule has 5 nitrogen and oxygen atoms in total. The molecular weight excluding hydrogens is 348 g/mol. The van der Waals surface area contributed by atoms with E-state index in [4.69, 9.17) is 16.6 Å². The number of aromatic hydroxyl groups is 1. The van der Waals surface area contributed by atoms with Crippen LogP contribution in [0.4, 0.5) is 11.5 Å². The number of hydrogen-bond acceptors (Lipinski definition) is 4. The second kappa shape index (κ2) is 6.35. The van der Waals surface area contributed by atoms with Gasteiger partial charge in [-0.05, 0) is 68.4 Å². The lowest BCUT2D eigenvalue weighted by molar-refractivity contribution is 0.475. The number of hydrogen-bond donors (Lipinski definition) is 2. The molecule has 0 fully saturated rings. The molecule has 0 spiro atoms. The first-order chi connectivity index (χ1) is 12.5. The molecule has 0 aliphatic rings. The van der Waals surface area contributed by atoms with Crippen LogP contribution in [0.3, 0.4) is 0 Å². The quantitative estimate of drug-likeness (QED) is 0.530. The summed E-state index contributed by atoms with van der Waals surface area (Å²) in [6, 6.07) is 16.5. The Labute approximate surface area is 155 Å². The number of halogens is 1. The molecule has 0 aliphatic heterocycles. The Morgan fingerprint density at radius 3 is 2.35 bits per heavy atom. The smallest absolute Gasteiger partial charge is 0.236 e. The molecule has 0 bridgehead atoms. The highest BCUT2D eigenvalue weighted by Crippen LogP contribution is 2.32. The molecule has 4 aromatic rings. The first-order valence-corrected chi connectivity index (χ1v) is 8.58. The number of phenols is 1. The van der Waals surface area contributed by atoms with Gasteiger partial charge in [0.05, 0.1) is 0 Å². The van der Waals surface area contributed by atoms with Gasteiger partial charge in [0.2, 0.25) is 5.78 Å². The summed E-state index contributed by atoms with van der Waals surface area (Å²) in [4.78, 5) is 9.29. The van der Waals surface area contributed by atoms with Crippen molar-refractivity contribution >= 4 is 28.9 Å². The molecule has 0 unspecified atom stereocenters. The van der Waals surface area contributed by atoms with Gasteiger partial charge in [-0.15, -0.1) is 0 Å². The van der Waals surface area contributed by atoms with Crippen molar-refractivity contribution in [2.75, 3.05) is 5.32 Å². The monoisotopic (exact) mass is 364 g/mol. The number of anilines is 2. The van der Waals surface area contributed by atoms with Crippen molar-refractivity contribution in [2.45, 2.75) is 13.8 Å². The second-order valence-electron chi connectivity index (χ2n) is 6.16. The molecule has 6 heteroatoms. The highest BCUT2D eigenvalue weighted by Gasteiger charge is 2.17. The first kappa shape index (κ1) is 16.4. The molecule has 4 rings (SSSR count). The molecule has 2 aromatic heterocycles. The maximum atomic E-state index is 9.59. The number of nitrogens with one attached hydrogen (secondary N) is 1. The van der Waals surface area contributed by atoms with Crippen LogP contribution in [0.2, 0.25) is 5.02 Å². The Morgan fingerprint density at radius 1 is 0.962 bits per heavy atom. The average Bonchev–Trinajstić information content (AvgIpc) is 2.96. The maximum Gasteiger partial charge on any atom is 0.236 e. The van der Waals surface area contributed by atoms with E-state index in [1.807, 2.05) is 60.7 Å². The zero-order valence-corrected chi connectivity index (χ0v) is 15.1. The standard InChI is InChI=1S/C20H17ClN4O/c1-12-11-13(2)25-19(23-16-7-5-15(21)6-8-16)18(24-20(25)22-12)14-3-9-17(26)10-4-14/h3-11,23,26H,1-2H3. The summed E-state index contributed by atoms with van der Waals surface area (Å²) in [5.74, 6) is 1.66. The minimum Gasteiger partial charge on any atom is -0.508 e. The lowest BCUT2D eigenvalue weighted by atomic mass is 10.1. The summed E-state index contributed by atoms with van der Waals surface area (Å²) < 4.78 is 1.99. The van der Waals surface area contributed by atoms with Crippen LogP contribution in [0.15, 0.2) is 54.6 Å². The first-order valence-electron chi connectivity index (χ1n) is 8.20. The van der Waals surface area contributed by atoms with Crippen LogP contribution in [0.5, 0.6) is 5.75 Å². The van der Waals surface area contributed by atoms with Gasteiger partial charge < -0.3 is 10.4 Å². The van der Waals surface area contributed by atoms with Crippen LogP contribution < -0.4 is 5.32 Å². The minimum absolute atomic E-state index is 0.217. The van der Waals surface area contributed by atoms with Crippen molar-refractivity contribution in [3.63, 3.8) is 0 Å². The Hall–Kier alpha value is -3.05. The summed E-state index contributed by atoms with van der Waals surface area (Å²) in [5.41, 5.74) is 4.50. The summed E-state index contributed by atoms with van der Waals surface area (Å²) in [5, 5.41) is 13.7. The van der Waals surface area contributed by atoms with Gasteiger partial charge >= 0.3 is 0 Å². The van der Waals surface area contributed by atoms with E-state index in [9.17, 15) is 5.11 Å². The van der Waals surface area contributed by atoms with Gasteiger partial charge in [0, 0.05) is 27.7 Å². The highest BCUT2D eigenvalue weighted by molar-refractivity contribution is 6.30. The van der Waals surface area contributed by atoms with Gasteiger partial charge in [0.15, 0.2) is 0 Å². The van der Waals surface area contributed by atoms with Gasteiger partial charge in [-0.1, -0.05) is 11.6 Å². The third-order valence-electron chi connectivity index (χ3n) is 4.15. The van der Waals surface area contributed by atoms with E-state index >= 15 is 0 Å². The van der Waals surface area contributed by atoms with E-state index in [2.05, 4.69) is 10.3 Å². The largest absolute Gasteiger partial charge is 0.508 e. The molecule has 0 aliphatic carbocycles. The molecule has 0 atom stereocenters. The van der Waals surface area contributed by atoms with Crippen LogP contribution in [0, 0.1) is 13.8 Å². The zero-order valence-electron chi connectivity index (χ0n) is 14.4. The third kappa shape index (κ3) is 2.97. The van der Waals surface area contributed by atoms with E-state index in [1.165, 1.54) is 0 Å². The molecule has 0 saturated carbocycles. The van der Waals surface area contributed by atoms with Gasteiger partial charge in [0.25, 0.3) is 0 Å². The van der Waals surface area contributed by atoms with E-state index < -0.39 is 0 Å². The molecule has 2 heterocycles. The molecule has 0 radical (unpaired) electrons. The Balaban J connectivity index is 1.93.